The van der Waals surface area contributed by atoms with E-state index in [1.165, 1.54) is 11.1 Å². The molecule has 3 unspecified atom stereocenters. The molecule has 43 heavy (non-hydrogen) atoms. The van der Waals surface area contributed by atoms with Crippen LogP contribution in [-0.2, 0) is 15.0 Å². The van der Waals surface area contributed by atoms with Crippen molar-refractivity contribution in [3.05, 3.63) is 118 Å². The van der Waals surface area contributed by atoms with Gasteiger partial charge in [-0.25, -0.2) is 0 Å². The number of dihydropyridines is 1. The lowest BCUT2D eigenvalue weighted by molar-refractivity contribution is -0.108. The van der Waals surface area contributed by atoms with Crippen LogP contribution < -0.4 is 5.32 Å². The summed E-state index contributed by atoms with van der Waals surface area (Å²) >= 11 is 0. The Balaban J connectivity index is 0.00000248. The monoisotopic (exact) mass is 616 g/mol. The van der Waals surface area contributed by atoms with Gasteiger partial charge < -0.3 is 10.2 Å². The number of hydrogen-bond acceptors (Lipinski definition) is 4. The maximum absolute atomic E-state index is 13.7. The van der Waals surface area contributed by atoms with Crippen LogP contribution in [0.5, 0.6) is 0 Å². The molecule has 4 rings (SSSR count). The van der Waals surface area contributed by atoms with E-state index in [2.05, 4.69) is 80.1 Å². The summed E-state index contributed by atoms with van der Waals surface area (Å²) in [6, 6.07) is 21.9. The number of rotatable bonds is 11. The smallest absolute Gasteiger partial charge is 0.179 e. The van der Waals surface area contributed by atoms with Gasteiger partial charge in [0.25, 0.3) is 0 Å². The highest BCUT2D eigenvalue weighted by molar-refractivity contribution is 7.58. The van der Waals surface area contributed by atoms with E-state index in [1.807, 2.05) is 59.8 Å². The molecule has 230 valence electrons. The van der Waals surface area contributed by atoms with Crippen LogP contribution in [0.4, 0.5) is 0 Å². The summed E-state index contributed by atoms with van der Waals surface area (Å²) in [6.45, 7) is 14.9. The average Bonchev–Trinajstić information content (AvgIpc) is 3.03. The predicted molar refractivity (Wildman–Crippen MR) is 189 cm³/mol. The van der Waals surface area contributed by atoms with Gasteiger partial charge in [0.05, 0.1) is 0 Å². The van der Waals surface area contributed by atoms with Crippen molar-refractivity contribution in [3.8, 4) is 0 Å². The van der Waals surface area contributed by atoms with Crippen molar-refractivity contribution in [1.82, 2.24) is 10.2 Å². The summed E-state index contributed by atoms with van der Waals surface area (Å²) < 4.78 is 0. The molecule has 0 aliphatic carbocycles. The molecule has 4 nitrogen and oxygen atoms in total. The molecule has 2 aliphatic rings. The first-order valence-electron chi connectivity index (χ1n) is 15.7. The third-order valence-corrected chi connectivity index (χ3v) is 10.1. The number of piperidine rings is 1. The van der Waals surface area contributed by atoms with Gasteiger partial charge in [-0.05, 0) is 98.0 Å². The summed E-state index contributed by atoms with van der Waals surface area (Å²) in [6.07, 6.45) is 10.0. The highest BCUT2D eigenvalue weighted by atomic mass is 31.1. The topological polar surface area (TPSA) is 49.4 Å². The van der Waals surface area contributed by atoms with E-state index in [9.17, 15) is 9.59 Å². The summed E-state index contributed by atoms with van der Waals surface area (Å²) in [5, 5.41) is 3.32. The van der Waals surface area contributed by atoms with Crippen LogP contribution >= 0.6 is 17.8 Å². The molecule has 2 heterocycles. The number of benzene rings is 2. The fourth-order valence-electron chi connectivity index (χ4n) is 6.52. The Hall–Kier alpha value is -2.64. The lowest BCUT2D eigenvalue weighted by Crippen LogP contribution is -2.43. The first-order chi connectivity index (χ1) is 20.8. The second-order valence-corrected chi connectivity index (χ2v) is 12.9. The van der Waals surface area contributed by atoms with Crippen LogP contribution in [0.1, 0.15) is 71.9 Å². The summed E-state index contributed by atoms with van der Waals surface area (Å²) in [5.41, 5.74) is 7.02. The number of likely N-dealkylation sites (tertiary alicyclic amines) is 1. The molecule has 1 N–H and O–H groups in total. The Morgan fingerprint density at radius 1 is 0.930 bits per heavy atom. The number of carbonyl (C=O) groups is 2. The van der Waals surface area contributed by atoms with Crippen LogP contribution in [0.2, 0.25) is 0 Å². The average molecular weight is 617 g/mol. The minimum absolute atomic E-state index is 0.0551. The zero-order valence-corrected chi connectivity index (χ0v) is 29.0. The standard InChI is InChI=1S/C35H44N2O2P2.C2H6/c1-5-14-27(6-2)32-30(33(38)40)25(3)36-26(4)31(32)34(39)41-24-13-21-37-22-19-35(20-23-37,28-15-9-7-10-16-28)29-17-11-8-12-18-29;1-2/h5-12,14-18,32,36,41H,13,19-24,40H2,1-4H3;1-2H3/b14-5-,27-6+;. The van der Waals surface area contributed by atoms with Gasteiger partial charge in [0.1, 0.15) is 0 Å². The molecule has 1 fully saturated rings. The molecule has 6 heteroatoms. The van der Waals surface area contributed by atoms with Crippen molar-refractivity contribution in [3.63, 3.8) is 0 Å². The molecule has 0 aromatic heterocycles. The van der Waals surface area contributed by atoms with Crippen molar-refractivity contribution in [2.45, 2.75) is 66.2 Å². The number of carbonyl (C=O) groups excluding carboxylic acids is 2. The first-order valence-corrected chi connectivity index (χ1v) is 17.5. The molecule has 2 aromatic rings. The Kier molecular flexibility index (Phi) is 13.8. The van der Waals surface area contributed by atoms with Crippen LogP contribution in [0, 0.1) is 5.92 Å². The minimum Gasteiger partial charge on any atom is -0.362 e. The SMILES string of the molecule is C/C=C\C(=C/C)C1C(C(=O)P)=C(C)NC(C)=C1C(=O)PCCCN1CCC(c2ccccc2)(c2ccccc2)CC1.CC. The number of hydrogen-bond donors (Lipinski definition) is 1. The quantitative estimate of drug-likeness (QED) is 0.157. The molecule has 3 atom stereocenters. The molecular formula is C37H50N2O2P2. The van der Waals surface area contributed by atoms with Gasteiger partial charge in [-0.2, -0.15) is 0 Å². The molecule has 0 bridgehead atoms. The van der Waals surface area contributed by atoms with Crippen LogP contribution in [-0.4, -0.2) is 41.7 Å². The third kappa shape index (κ3) is 8.30. The van der Waals surface area contributed by atoms with Crippen LogP contribution in [0.25, 0.3) is 0 Å². The van der Waals surface area contributed by atoms with E-state index in [4.69, 9.17) is 0 Å². The van der Waals surface area contributed by atoms with E-state index in [1.54, 1.807) is 0 Å². The molecule has 0 saturated carbocycles. The third-order valence-electron chi connectivity index (χ3n) is 8.60. The second-order valence-electron chi connectivity index (χ2n) is 11.1. The summed E-state index contributed by atoms with van der Waals surface area (Å²) in [4.78, 5) is 28.9. The van der Waals surface area contributed by atoms with E-state index in [0.29, 0.717) is 5.57 Å². The molecule has 2 aliphatic heterocycles. The molecule has 2 aromatic carbocycles. The lowest BCUT2D eigenvalue weighted by atomic mass is 9.68. The Morgan fingerprint density at radius 3 is 1.95 bits per heavy atom. The van der Waals surface area contributed by atoms with Gasteiger partial charge in [-0.1, -0.05) is 102 Å². The van der Waals surface area contributed by atoms with Crippen molar-refractivity contribution in [2.24, 2.45) is 5.92 Å². The van der Waals surface area contributed by atoms with E-state index in [-0.39, 0.29) is 31.0 Å². The molecule has 1 saturated heterocycles. The molecule has 0 radical (unpaired) electrons. The zero-order chi connectivity index (χ0) is 31.4. The number of nitrogens with zero attached hydrogens (tertiary/aromatic N) is 1. The first kappa shape index (κ1) is 34.8. The van der Waals surface area contributed by atoms with Crippen LogP contribution in [0.15, 0.2) is 107 Å². The minimum atomic E-state index is -0.325. The fraction of sp³-hybridized carbons (Fsp3) is 0.405. The highest BCUT2D eigenvalue weighted by Crippen LogP contribution is 2.42. The van der Waals surface area contributed by atoms with Crippen molar-refractivity contribution >= 4 is 28.9 Å². The van der Waals surface area contributed by atoms with Gasteiger partial charge in [0.2, 0.25) is 0 Å². The Bertz CT molecular complexity index is 1310. The van der Waals surface area contributed by atoms with E-state index < -0.39 is 0 Å². The number of nitrogens with one attached hydrogen (secondary N) is 1. The molecule has 0 amide bonds. The Morgan fingerprint density at radius 2 is 1.47 bits per heavy atom. The van der Waals surface area contributed by atoms with E-state index in [0.717, 1.165) is 67.6 Å². The van der Waals surface area contributed by atoms with Gasteiger partial charge in [0.15, 0.2) is 11.0 Å². The van der Waals surface area contributed by atoms with Gasteiger partial charge >= 0.3 is 0 Å². The largest absolute Gasteiger partial charge is 0.362 e. The predicted octanol–water partition coefficient (Wildman–Crippen LogP) is 8.38. The zero-order valence-electron chi connectivity index (χ0n) is 26.9. The van der Waals surface area contributed by atoms with Crippen molar-refractivity contribution in [1.29, 1.82) is 0 Å². The second kappa shape index (κ2) is 17.0. The normalized spacial score (nSPS) is 19.4. The Labute approximate surface area is 264 Å². The fourth-order valence-corrected chi connectivity index (χ4v) is 7.99. The molecular weight excluding hydrogens is 566 g/mol. The maximum atomic E-state index is 13.7. The highest BCUT2D eigenvalue weighted by Gasteiger charge is 2.38. The maximum Gasteiger partial charge on any atom is 0.179 e. The van der Waals surface area contributed by atoms with Crippen molar-refractivity contribution in [2.75, 3.05) is 25.8 Å². The van der Waals surface area contributed by atoms with Crippen molar-refractivity contribution < 1.29 is 9.59 Å². The number of allylic oxidation sites excluding steroid dienone is 8. The van der Waals surface area contributed by atoms with Gasteiger partial charge in [-0.15, -0.1) is 0 Å². The summed E-state index contributed by atoms with van der Waals surface area (Å²) in [5.74, 6) is -0.325. The summed E-state index contributed by atoms with van der Waals surface area (Å²) in [7, 11) is 2.49. The van der Waals surface area contributed by atoms with Crippen LogP contribution in [0.3, 0.4) is 0 Å². The molecule has 0 spiro atoms. The van der Waals surface area contributed by atoms with Gasteiger partial charge in [-0.3, -0.25) is 9.59 Å². The lowest BCUT2D eigenvalue weighted by Gasteiger charge is -2.43. The van der Waals surface area contributed by atoms with E-state index >= 15 is 0 Å². The van der Waals surface area contributed by atoms with Gasteiger partial charge in [0, 0.05) is 33.9 Å².